The molecule has 1 aromatic carbocycles. The zero-order valence-electron chi connectivity index (χ0n) is 13.4. The maximum absolute atomic E-state index is 12.1. The molecule has 0 unspecified atom stereocenters. The summed E-state index contributed by atoms with van der Waals surface area (Å²) in [5, 5.41) is 15.5. The van der Waals surface area contributed by atoms with E-state index in [0.29, 0.717) is 24.5 Å². The number of carbonyl (C=O) groups is 1. The summed E-state index contributed by atoms with van der Waals surface area (Å²) in [7, 11) is 0. The van der Waals surface area contributed by atoms with Gasteiger partial charge in [-0.3, -0.25) is 4.68 Å². The highest BCUT2D eigenvalue weighted by Gasteiger charge is 2.11. The number of aromatic nitrogens is 6. The third-order valence-corrected chi connectivity index (χ3v) is 3.47. The molecule has 0 saturated carbocycles. The second-order valence-corrected chi connectivity index (χ2v) is 5.29. The van der Waals surface area contributed by atoms with Crippen LogP contribution < -0.4 is 0 Å². The van der Waals surface area contributed by atoms with E-state index in [1.807, 2.05) is 36.0 Å². The largest absolute Gasteiger partial charge is 0.454 e. The Bertz CT molecular complexity index is 779. The normalized spacial score (nSPS) is 10.7. The Morgan fingerprint density at radius 1 is 1.25 bits per heavy atom. The minimum absolute atomic E-state index is 0.0564. The van der Waals surface area contributed by atoms with Crippen molar-refractivity contribution in [3.8, 4) is 0 Å². The molecule has 0 spiro atoms. The van der Waals surface area contributed by atoms with E-state index in [2.05, 4.69) is 20.6 Å². The van der Waals surface area contributed by atoms with E-state index in [9.17, 15) is 4.79 Å². The first-order valence-corrected chi connectivity index (χ1v) is 7.75. The van der Waals surface area contributed by atoms with Crippen LogP contribution in [0.2, 0.25) is 0 Å². The van der Waals surface area contributed by atoms with Gasteiger partial charge in [-0.2, -0.15) is 5.10 Å². The average molecular weight is 326 g/mol. The van der Waals surface area contributed by atoms with Gasteiger partial charge < -0.3 is 4.74 Å². The summed E-state index contributed by atoms with van der Waals surface area (Å²) in [5.41, 5.74) is 1.55. The third kappa shape index (κ3) is 3.83. The molecule has 2 heterocycles. The summed E-state index contributed by atoms with van der Waals surface area (Å²) >= 11 is 0. The van der Waals surface area contributed by atoms with Gasteiger partial charge in [0.1, 0.15) is 0 Å². The molecule has 0 aliphatic carbocycles. The van der Waals surface area contributed by atoms with E-state index in [0.717, 1.165) is 12.0 Å². The Kier molecular flexibility index (Phi) is 4.95. The molecule has 8 heteroatoms. The van der Waals surface area contributed by atoms with Crippen LogP contribution >= 0.6 is 0 Å². The van der Waals surface area contributed by atoms with Gasteiger partial charge in [0.15, 0.2) is 12.4 Å². The van der Waals surface area contributed by atoms with E-state index in [4.69, 9.17) is 4.74 Å². The van der Waals surface area contributed by atoms with Crippen molar-refractivity contribution >= 4 is 5.97 Å². The second kappa shape index (κ2) is 7.49. The minimum atomic E-state index is -0.397. The quantitative estimate of drug-likeness (QED) is 0.614. The number of nitrogens with zero attached hydrogens (tertiary/aromatic N) is 6. The Morgan fingerprint density at radius 2 is 2.08 bits per heavy atom. The monoisotopic (exact) mass is 326 g/mol. The first-order valence-electron chi connectivity index (χ1n) is 7.75. The van der Waals surface area contributed by atoms with Gasteiger partial charge in [0, 0.05) is 18.9 Å². The number of tetrazole rings is 1. The van der Waals surface area contributed by atoms with Crippen LogP contribution in [-0.4, -0.2) is 36.0 Å². The van der Waals surface area contributed by atoms with Gasteiger partial charge in [0.2, 0.25) is 0 Å². The highest BCUT2D eigenvalue weighted by atomic mass is 16.5. The smallest absolute Gasteiger partial charge is 0.338 e. The van der Waals surface area contributed by atoms with E-state index >= 15 is 0 Å². The second-order valence-electron chi connectivity index (χ2n) is 5.29. The summed E-state index contributed by atoms with van der Waals surface area (Å²) < 4.78 is 8.75. The van der Waals surface area contributed by atoms with E-state index < -0.39 is 5.97 Å². The molecule has 0 saturated heterocycles. The van der Waals surface area contributed by atoms with E-state index in [1.165, 1.54) is 0 Å². The summed E-state index contributed by atoms with van der Waals surface area (Å²) in [4.78, 5) is 12.1. The van der Waals surface area contributed by atoms with E-state index in [1.54, 1.807) is 23.0 Å². The summed E-state index contributed by atoms with van der Waals surface area (Å²) in [5.74, 6) is 0.146. The van der Waals surface area contributed by atoms with Crippen molar-refractivity contribution in [2.45, 2.75) is 33.0 Å². The number of esters is 1. The molecule has 0 amide bonds. The molecule has 2 aromatic heterocycles. The molecule has 3 aromatic rings. The van der Waals surface area contributed by atoms with Crippen LogP contribution in [0, 0.1) is 0 Å². The molecule has 0 bridgehead atoms. The molecular formula is C16H18N6O2. The number of hydrogen-bond donors (Lipinski definition) is 0. The Hall–Kier alpha value is -3.03. The molecule has 0 atom stereocenters. The van der Waals surface area contributed by atoms with Crippen LogP contribution in [-0.2, 0) is 24.4 Å². The Morgan fingerprint density at radius 3 is 2.79 bits per heavy atom. The van der Waals surface area contributed by atoms with Crippen molar-refractivity contribution in [1.82, 2.24) is 30.0 Å². The van der Waals surface area contributed by atoms with Gasteiger partial charge >= 0.3 is 5.97 Å². The van der Waals surface area contributed by atoms with Crippen molar-refractivity contribution in [3.05, 3.63) is 59.7 Å². The molecule has 124 valence electrons. The van der Waals surface area contributed by atoms with Crippen LogP contribution in [0.25, 0.3) is 0 Å². The lowest BCUT2D eigenvalue weighted by Crippen LogP contribution is -2.11. The fourth-order valence-corrected chi connectivity index (χ4v) is 2.25. The zero-order chi connectivity index (χ0) is 16.8. The zero-order valence-corrected chi connectivity index (χ0v) is 13.4. The minimum Gasteiger partial charge on any atom is -0.454 e. The predicted molar refractivity (Wildman–Crippen MR) is 85.0 cm³/mol. The number of rotatable bonds is 7. The summed E-state index contributed by atoms with van der Waals surface area (Å²) in [6.45, 7) is 3.44. The number of ether oxygens (including phenoxy) is 1. The number of carbonyl (C=O) groups excluding carboxylic acids is 1. The first-order chi connectivity index (χ1) is 11.8. The van der Waals surface area contributed by atoms with Crippen LogP contribution in [0.5, 0.6) is 0 Å². The Labute approximate surface area is 139 Å². The van der Waals surface area contributed by atoms with Crippen LogP contribution in [0.1, 0.15) is 35.1 Å². The molecule has 24 heavy (non-hydrogen) atoms. The van der Waals surface area contributed by atoms with Gasteiger partial charge in [-0.15, -0.1) is 5.10 Å². The maximum Gasteiger partial charge on any atom is 0.338 e. The van der Waals surface area contributed by atoms with Gasteiger partial charge in [-0.25, -0.2) is 9.48 Å². The first kappa shape index (κ1) is 15.9. The predicted octanol–water partition coefficient (Wildman–Crippen LogP) is 1.68. The average Bonchev–Trinajstić information content (AvgIpc) is 3.26. The van der Waals surface area contributed by atoms with Gasteiger partial charge in [-0.05, 0) is 40.6 Å². The van der Waals surface area contributed by atoms with Crippen molar-refractivity contribution in [3.63, 3.8) is 0 Å². The maximum atomic E-state index is 12.1. The summed E-state index contributed by atoms with van der Waals surface area (Å²) in [6.07, 6.45) is 4.53. The van der Waals surface area contributed by atoms with Crippen molar-refractivity contribution in [1.29, 1.82) is 0 Å². The van der Waals surface area contributed by atoms with Crippen LogP contribution in [0.15, 0.2) is 42.7 Å². The lowest BCUT2D eigenvalue weighted by molar-refractivity contribution is 0.0456. The van der Waals surface area contributed by atoms with Crippen LogP contribution in [0.3, 0.4) is 0 Å². The van der Waals surface area contributed by atoms with Gasteiger partial charge in [0.05, 0.1) is 12.1 Å². The number of aryl methyl sites for hydroxylation is 1. The fraction of sp³-hybridized carbons (Fsp3) is 0.312. The SMILES string of the molecule is CCCn1nnnc1COC(=O)c1ccc(Cn2cccn2)cc1. The fourth-order valence-electron chi connectivity index (χ4n) is 2.25. The van der Waals surface area contributed by atoms with Crippen molar-refractivity contribution < 1.29 is 9.53 Å². The van der Waals surface area contributed by atoms with Crippen molar-refractivity contribution in [2.75, 3.05) is 0 Å². The van der Waals surface area contributed by atoms with E-state index in [-0.39, 0.29) is 6.61 Å². The molecule has 0 fully saturated rings. The molecule has 0 N–H and O–H groups in total. The third-order valence-electron chi connectivity index (χ3n) is 3.47. The van der Waals surface area contributed by atoms with Crippen molar-refractivity contribution in [2.24, 2.45) is 0 Å². The van der Waals surface area contributed by atoms with Gasteiger partial charge in [0.25, 0.3) is 0 Å². The molecule has 3 rings (SSSR count). The number of benzene rings is 1. The molecule has 8 nitrogen and oxygen atoms in total. The lowest BCUT2D eigenvalue weighted by Gasteiger charge is -2.06. The molecular weight excluding hydrogens is 308 g/mol. The van der Waals surface area contributed by atoms with Gasteiger partial charge in [-0.1, -0.05) is 19.1 Å². The number of hydrogen-bond acceptors (Lipinski definition) is 6. The molecule has 0 aliphatic heterocycles. The molecule has 0 aliphatic rings. The topological polar surface area (TPSA) is 87.7 Å². The lowest BCUT2D eigenvalue weighted by atomic mass is 10.1. The Balaban J connectivity index is 1.57. The standard InChI is InChI=1S/C16H18N6O2/c1-2-9-22-15(18-19-20-22)12-24-16(23)14-6-4-13(5-7-14)11-21-10-3-8-17-21/h3-8,10H,2,9,11-12H2,1H3. The highest BCUT2D eigenvalue weighted by molar-refractivity contribution is 5.89. The summed E-state index contributed by atoms with van der Waals surface area (Å²) in [6, 6.07) is 9.14. The van der Waals surface area contributed by atoms with Crippen LogP contribution in [0.4, 0.5) is 0 Å². The molecule has 0 radical (unpaired) electrons. The highest BCUT2D eigenvalue weighted by Crippen LogP contribution is 2.09.